The molecule has 2 heterocycles. The number of hydrogen-bond donors (Lipinski definition) is 0. The standard InChI is InChI=1S/C19H27N3O3S/c23-19(15-17-8-7-16-5-1-2-6-18(16)17)20-11-13-22(14-12-20)26(24,25)21-9-3-4-10-21/h1-2,5-6,17H,3-4,7-15H2/t17-/m1/s1. The molecule has 3 aliphatic rings. The van der Waals surface area contributed by atoms with Gasteiger partial charge in [-0.15, -0.1) is 0 Å². The Morgan fingerprint density at radius 1 is 0.962 bits per heavy atom. The predicted molar refractivity (Wildman–Crippen MR) is 100 cm³/mol. The number of fused-ring (bicyclic) bond motifs is 1. The summed E-state index contributed by atoms with van der Waals surface area (Å²) in [5.41, 5.74) is 2.68. The average Bonchev–Trinajstić information content (AvgIpc) is 3.33. The molecule has 1 atom stereocenters. The Kier molecular flexibility index (Phi) is 5.03. The van der Waals surface area contributed by atoms with Crippen molar-refractivity contribution in [1.82, 2.24) is 13.5 Å². The van der Waals surface area contributed by atoms with Gasteiger partial charge in [0.15, 0.2) is 0 Å². The van der Waals surface area contributed by atoms with Crippen molar-refractivity contribution in [2.45, 2.75) is 38.0 Å². The summed E-state index contributed by atoms with van der Waals surface area (Å²) in [5, 5.41) is 0. The van der Waals surface area contributed by atoms with Crippen LogP contribution in [0.15, 0.2) is 24.3 Å². The van der Waals surface area contributed by atoms with Gasteiger partial charge in [0.2, 0.25) is 5.91 Å². The van der Waals surface area contributed by atoms with Crippen molar-refractivity contribution in [3.05, 3.63) is 35.4 Å². The highest BCUT2D eigenvalue weighted by Crippen LogP contribution is 2.35. The lowest BCUT2D eigenvalue weighted by Gasteiger charge is -2.36. The Hall–Kier alpha value is -1.44. The van der Waals surface area contributed by atoms with Crippen molar-refractivity contribution in [1.29, 1.82) is 0 Å². The third-order valence-corrected chi connectivity index (χ3v) is 8.02. The van der Waals surface area contributed by atoms with Crippen LogP contribution in [0.3, 0.4) is 0 Å². The van der Waals surface area contributed by atoms with E-state index < -0.39 is 10.2 Å². The van der Waals surface area contributed by atoms with Crippen molar-refractivity contribution >= 4 is 16.1 Å². The fraction of sp³-hybridized carbons (Fsp3) is 0.632. The lowest BCUT2D eigenvalue weighted by molar-refractivity contribution is -0.132. The summed E-state index contributed by atoms with van der Waals surface area (Å²) in [6.07, 6.45) is 4.52. The summed E-state index contributed by atoms with van der Waals surface area (Å²) in [5.74, 6) is 0.468. The maximum atomic E-state index is 12.7. The maximum absolute atomic E-state index is 12.7. The maximum Gasteiger partial charge on any atom is 0.282 e. The zero-order valence-electron chi connectivity index (χ0n) is 15.1. The Labute approximate surface area is 155 Å². The molecule has 2 aliphatic heterocycles. The second-order valence-corrected chi connectivity index (χ2v) is 9.46. The Morgan fingerprint density at radius 3 is 2.35 bits per heavy atom. The molecule has 26 heavy (non-hydrogen) atoms. The number of carbonyl (C=O) groups excluding carboxylic acids is 1. The molecular weight excluding hydrogens is 350 g/mol. The minimum absolute atomic E-state index is 0.157. The normalized spacial score (nSPS) is 24.8. The second kappa shape index (κ2) is 7.29. The molecule has 0 aromatic heterocycles. The topological polar surface area (TPSA) is 60.9 Å². The van der Waals surface area contributed by atoms with Crippen molar-refractivity contribution in [3.63, 3.8) is 0 Å². The van der Waals surface area contributed by atoms with Crippen molar-refractivity contribution in [3.8, 4) is 0 Å². The zero-order valence-corrected chi connectivity index (χ0v) is 16.0. The number of hydrogen-bond acceptors (Lipinski definition) is 3. The number of rotatable bonds is 4. The van der Waals surface area contributed by atoms with Crippen LogP contribution >= 0.6 is 0 Å². The summed E-state index contributed by atoms with van der Waals surface area (Å²) in [7, 11) is -3.34. The molecule has 2 fully saturated rings. The summed E-state index contributed by atoms with van der Waals surface area (Å²) in [6.45, 7) is 3.07. The van der Waals surface area contributed by atoms with Crippen LogP contribution in [0.5, 0.6) is 0 Å². The third kappa shape index (κ3) is 3.40. The molecule has 0 bridgehead atoms. The lowest BCUT2D eigenvalue weighted by Crippen LogP contribution is -2.53. The molecule has 2 saturated heterocycles. The van der Waals surface area contributed by atoms with Gasteiger partial charge < -0.3 is 4.90 Å². The van der Waals surface area contributed by atoms with Crippen LogP contribution in [-0.2, 0) is 21.4 Å². The predicted octanol–water partition coefficient (Wildman–Crippen LogP) is 1.59. The molecule has 1 aromatic carbocycles. The molecule has 0 radical (unpaired) electrons. The Morgan fingerprint density at radius 2 is 1.62 bits per heavy atom. The summed E-state index contributed by atoms with van der Waals surface area (Å²) >= 11 is 0. The smallest absolute Gasteiger partial charge is 0.282 e. The molecule has 0 N–H and O–H groups in total. The van der Waals surface area contributed by atoms with Crippen LogP contribution in [0.1, 0.15) is 42.7 Å². The van der Waals surface area contributed by atoms with Crippen LogP contribution in [0.25, 0.3) is 0 Å². The first-order chi connectivity index (χ1) is 12.6. The van der Waals surface area contributed by atoms with E-state index in [2.05, 4.69) is 18.2 Å². The zero-order chi connectivity index (χ0) is 18.1. The molecule has 1 aliphatic carbocycles. The van der Waals surface area contributed by atoms with E-state index in [1.807, 2.05) is 11.0 Å². The fourth-order valence-electron chi connectivity index (χ4n) is 4.45. The van der Waals surface area contributed by atoms with E-state index in [1.54, 1.807) is 8.61 Å². The molecule has 1 aromatic rings. The van der Waals surface area contributed by atoms with Gasteiger partial charge in [0.1, 0.15) is 0 Å². The van der Waals surface area contributed by atoms with Crippen LogP contribution in [0, 0.1) is 0 Å². The highest BCUT2D eigenvalue weighted by Gasteiger charge is 2.35. The highest BCUT2D eigenvalue weighted by molar-refractivity contribution is 7.86. The van der Waals surface area contributed by atoms with E-state index in [9.17, 15) is 13.2 Å². The number of piperazine rings is 1. The van der Waals surface area contributed by atoms with E-state index in [4.69, 9.17) is 0 Å². The van der Waals surface area contributed by atoms with Crippen LogP contribution in [0.4, 0.5) is 0 Å². The van der Waals surface area contributed by atoms with Gasteiger partial charge in [-0.05, 0) is 42.7 Å². The Bertz CT molecular complexity index is 766. The average molecular weight is 378 g/mol. The largest absolute Gasteiger partial charge is 0.340 e. The lowest BCUT2D eigenvalue weighted by atomic mass is 9.97. The van der Waals surface area contributed by atoms with Crippen LogP contribution in [0.2, 0.25) is 0 Å². The summed E-state index contributed by atoms with van der Waals surface area (Å²) in [4.78, 5) is 14.6. The quantitative estimate of drug-likeness (QED) is 0.801. The molecule has 0 saturated carbocycles. The molecule has 0 unspecified atom stereocenters. The number of amides is 1. The van der Waals surface area contributed by atoms with Gasteiger partial charge in [-0.25, -0.2) is 0 Å². The highest BCUT2D eigenvalue weighted by atomic mass is 32.2. The monoisotopic (exact) mass is 377 g/mol. The van der Waals surface area contributed by atoms with Gasteiger partial charge in [-0.1, -0.05) is 24.3 Å². The SMILES string of the molecule is O=C(C[C@H]1CCc2ccccc21)N1CCN(S(=O)(=O)N2CCCC2)CC1. The van der Waals surface area contributed by atoms with Crippen LogP contribution in [-0.4, -0.2) is 67.1 Å². The van der Waals surface area contributed by atoms with E-state index in [0.717, 1.165) is 25.7 Å². The molecule has 4 rings (SSSR count). The molecule has 1 amide bonds. The summed E-state index contributed by atoms with van der Waals surface area (Å²) in [6, 6.07) is 8.40. The van der Waals surface area contributed by atoms with Gasteiger partial charge in [-0.2, -0.15) is 17.0 Å². The Balaban J connectivity index is 1.33. The second-order valence-electron chi connectivity index (χ2n) is 7.53. The number of nitrogens with zero attached hydrogens (tertiary/aromatic N) is 3. The minimum Gasteiger partial charge on any atom is -0.340 e. The third-order valence-electron chi connectivity index (χ3n) is 5.99. The molecule has 7 heteroatoms. The fourth-order valence-corrected chi connectivity index (χ4v) is 6.12. The molecular formula is C19H27N3O3S. The van der Waals surface area contributed by atoms with E-state index in [1.165, 1.54) is 11.1 Å². The number of carbonyl (C=O) groups is 1. The molecule has 142 valence electrons. The summed E-state index contributed by atoms with van der Waals surface area (Å²) < 4.78 is 28.4. The minimum atomic E-state index is -3.34. The first-order valence-electron chi connectivity index (χ1n) is 9.66. The molecule has 6 nitrogen and oxygen atoms in total. The van der Waals surface area contributed by atoms with Gasteiger partial charge in [0.25, 0.3) is 10.2 Å². The van der Waals surface area contributed by atoms with Crippen LogP contribution < -0.4 is 0 Å². The van der Waals surface area contributed by atoms with Crippen molar-refractivity contribution < 1.29 is 13.2 Å². The van der Waals surface area contributed by atoms with E-state index >= 15 is 0 Å². The molecule has 0 spiro atoms. The van der Waals surface area contributed by atoms with Gasteiger partial charge in [0.05, 0.1) is 0 Å². The van der Waals surface area contributed by atoms with Gasteiger partial charge >= 0.3 is 0 Å². The van der Waals surface area contributed by atoms with Crippen molar-refractivity contribution in [2.24, 2.45) is 0 Å². The van der Waals surface area contributed by atoms with E-state index in [-0.39, 0.29) is 5.91 Å². The van der Waals surface area contributed by atoms with E-state index in [0.29, 0.717) is 51.6 Å². The first kappa shape index (κ1) is 17.9. The van der Waals surface area contributed by atoms with Crippen molar-refractivity contribution in [2.75, 3.05) is 39.3 Å². The first-order valence-corrected chi connectivity index (χ1v) is 11.1. The number of benzene rings is 1. The van der Waals surface area contributed by atoms with Gasteiger partial charge in [-0.3, -0.25) is 4.79 Å². The van der Waals surface area contributed by atoms with Gasteiger partial charge in [0, 0.05) is 45.7 Å². The number of aryl methyl sites for hydroxylation is 1.